The van der Waals surface area contributed by atoms with Gasteiger partial charge in [-0.25, -0.2) is 0 Å². The second kappa shape index (κ2) is 4.92. The fraction of sp³-hybridized carbons (Fsp3) is 0.333. The molecule has 0 aromatic carbocycles. The van der Waals surface area contributed by atoms with Crippen LogP contribution in [0.5, 0.6) is 0 Å². The van der Waals surface area contributed by atoms with Crippen LogP contribution in [0.4, 0.5) is 5.13 Å². The Balaban J connectivity index is 2.12. The minimum Gasteiger partial charge on any atom is -0.299 e. The molecule has 8 heteroatoms. The van der Waals surface area contributed by atoms with E-state index in [0.717, 1.165) is 10.2 Å². The molecular formula is C9H10BrN5OS. The van der Waals surface area contributed by atoms with Crippen LogP contribution in [0.1, 0.15) is 18.7 Å². The highest BCUT2D eigenvalue weighted by atomic mass is 79.9. The third kappa shape index (κ3) is 2.52. The number of anilines is 1. The second-order valence-corrected chi connectivity index (χ2v) is 5.12. The Morgan fingerprint density at radius 3 is 2.94 bits per heavy atom. The zero-order valence-corrected chi connectivity index (χ0v) is 11.6. The van der Waals surface area contributed by atoms with Gasteiger partial charge >= 0.3 is 0 Å². The molecule has 17 heavy (non-hydrogen) atoms. The van der Waals surface area contributed by atoms with E-state index in [1.807, 2.05) is 6.92 Å². The molecule has 2 aromatic heterocycles. The Morgan fingerprint density at radius 2 is 2.41 bits per heavy atom. The summed E-state index contributed by atoms with van der Waals surface area (Å²) in [7, 11) is 0. The van der Waals surface area contributed by atoms with Crippen LogP contribution in [0.25, 0.3) is 0 Å². The Hall–Kier alpha value is -1.28. The molecule has 90 valence electrons. The van der Waals surface area contributed by atoms with E-state index >= 15 is 0 Å². The lowest BCUT2D eigenvalue weighted by Gasteiger charge is -2.12. The summed E-state index contributed by atoms with van der Waals surface area (Å²) in [4.78, 5) is 11.9. The Labute approximate surface area is 110 Å². The quantitative estimate of drug-likeness (QED) is 0.940. The minimum absolute atomic E-state index is 0.166. The smallest absolute Gasteiger partial charge is 0.250 e. The Kier molecular flexibility index (Phi) is 3.53. The van der Waals surface area contributed by atoms with E-state index < -0.39 is 6.04 Å². The van der Waals surface area contributed by atoms with Crippen molar-refractivity contribution in [3.63, 3.8) is 0 Å². The summed E-state index contributed by atoms with van der Waals surface area (Å²) in [6.07, 6.45) is 1.67. The van der Waals surface area contributed by atoms with Crippen molar-refractivity contribution in [2.45, 2.75) is 19.9 Å². The maximum atomic E-state index is 11.9. The summed E-state index contributed by atoms with van der Waals surface area (Å²) in [6.45, 7) is 3.68. The van der Waals surface area contributed by atoms with Gasteiger partial charge in [0.15, 0.2) is 0 Å². The highest BCUT2D eigenvalue weighted by Crippen LogP contribution is 2.19. The van der Waals surface area contributed by atoms with Crippen LogP contribution < -0.4 is 5.32 Å². The first-order valence-corrected chi connectivity index (χ1v) is 6.53. The number of nitrogens with one attached hydrogen (secondary N) is 1. The third-order valence-electron chi connectivity index (χ3n) is 2.32. The number of hydrogen-bond acceptors (Lipinski definition) is 5. The van der Waals surface area contributed by atoms with Crippen LogP contribution in [0.2, 0.25) is 0 Å². The van der Waals surface area contributed by atoms with Crippen molar-refractivity contribution in [2.24, 2.45) is 0 Å². The fourth-order valence-electron chi connectivity index (χ4n) is 1.34. The van der Waals surface area contributed by atoms with Gasteiger partial charge in [-0.2, -0.15) is 5.10 Å². The van der Waals surface area contributed by atoms with Crippen molar-refractivity contribution in [2.75, 3.05) is 5.32 Å². The summed E-state index contributed by atoms with van der Waals surface area (Å²) in [5.74, 6) is -0.166. The number of carbonyl (C=O) groups excluding carboxylic acids is 1. The number of nitrogens with zero attached hydrogens (tertiary/aromatic N) is 4. The first kappa shape index (κ1) is 12.2. The molecule has 0 bridgehead atoms. The number of aromatic nitrogens is 4. The molecule has 0 saturated carbocycles. The molecule has 0 spiro atoms. The van der Waals surface area contributed by atoms with Gasteiger partial charge in [-0.3, -0.25) is 14.8 Å². The number of carbonyl (C=O) groups is 1. The van der Waals surface area contributed by atoms with Gasteiger partial charge in [0, 0.05) is 0 Å². The molecule has 0 saturated heterocycles. The molecule has 1 N–H and O–H groups in total. The van der Waals surface area contributed by atoms with Gasteiger partial charge in [-0.05, 0) is 29.8 Å². The summed E-state index contributed by atoms with van der Waals surface area (Å²) in [5.41, 5.74) is 2.47. The van der Waals surface area contributed by atoms with Crippen LogP contribution in [0.15, 0.2) is 16.2 Å². The molecule has 1 amide bonds. The first-order chi connectivity index (χ1) is 8.09. The van der Waals surface area contributed by atoms with Crippen molar-refractivity contribution in [1.29, 1.82) is 0 Å². The largest absolute Gasteiger partial charge is 0.299 e. The lowest BCUT2D eigenvalue weighted by molar-refractivity contribution is -0.119. The Bertz CT molecular complexity index is 523. The topological polar surface area (TPSA) is 72.7 Å². The van der Waals surface area contributed by atoms with Gasteiger partial charge in [0.05, 0.1) is 16.4 Å². The van der Waals surface area contributed by atoms with Gasteiger partial charge in [0.25, 0.3) is 5.91 Å². The SMILES string of the molecule is Cc1c(Br)cnn1[C@H](C)C(=O)Nc1nncs1. The van der Waals surface area contributed by atoms with E-state index in [1.165, 1.54) is 11.3 Å². The molecule has 0 aliphatic heterocycles. The van der Waals surface area contributed by atoms with E-state index in [-0.39, 0.29) is 5.91 Å². The maximum Gasteiger partial charge on any atom is 0.250 e. The lowest BCUT2D eigenvalue weighted by Crippen LogP contribution is -2.25. The molecule has 2 heterocycles. The van der Waals surface area contributed by atoms with E-state index in [1.54, 1.807) is 23.3 Å². The maximum absolute atomic E-state index is 11.9. The van der Waals surface area contributed by atoms with Gasteiger partial charge in [0.1, 0.15) is 11.6 Å². The molecule has 1 atom stereocenters. The zero-order chi connectivity index (χ0) is 12.4. The molecule has 0 fully saturated rings. The van der Waals surface area contributed by atoms with Gasteiger partial charge in [-0.1, -0.05) is 11.3 Å². The predicted octanol–water partition coefficient (Wildman–Crippen LogP) is 2.01. The van der Waals surface area contributed by atoms with E-state index in [0.29, 0.717) is 5.13 Å². The van der Waals surface area contributed by atoms with Crippen LogP contribution in [-0.2, 0) is 4.79 Å². The third-order valence-corrected chi connectivity index (χ3v) is 3.71. The normalized spacial score (nSPS) is 12.4. The molecule has 0 unspecified atom stereocenters. The monoisotopic (exact) mass is 315 g/mol. The molecule has 0 aliphatic carbocycles. The lowest BCUT2D eigenvalue weighted by atomic mass is 10.3. The zero-order valence-electron chi connectivity index (χ0n) is 9.22. The molecular weight excluding hydrogens is 306 g/mol. The fourth-order valence-corrected chi connectivity index (χ4v) is 2.06. The second-order valence-electron chi connectivity index (χ2n) is 3.43. The number of halogens is 1. The van der Waals surface area contributed by atoms with E-state index in [2.05, 4.69) is 36.5 Å². The average molecular weight is 316 g/mol. The van der Waals surface area contributed by atoms with E-state index in [9.17, 15) is 4.79 Å². The highest BCUT2D eigenvalue weighted by Gasteiger charge is 2.19. The van der Waals surface area contributed by atoms with Crippen molar-refractivity contribution < 1.29 is 4.79 Å². The van der Waals surface area contributed by atoms with Gasteiger partial charge in [-0.15, -0.1) is 10.2 Å². The minimum atomic E-state index is -0.398. The molecule has 2 aromatic rings. The number of amides is 1. The average Bonchev–Trinajstić information content (AvgIpc) is 2.90. The van der Waals surface area contributed by atoms with Crippen LogP contribution >= 0.6 is 27.3 Å². The summed E-state index contributed by atoms with van der Waals surface area (Å²) < 4.78 is 2.54. The van der Waals surface area contributed by atoms with Crippen molar-refractivity contribution in [1.82, 2.24) is 20.0 Å². The van der Waals surface area contributed by atoms with Crippen molar-refractivity contribution in [3.8, 4) is 0 Å². The predicted molar refractivity (Wildman–Crippen MR) is 67.9 cm³/mol. The van der Waals surface area contributed by atoms with Gasteiger partial charge < -0.3 is 0 Å². The van der Waals surface area contributed by atoms with Crippen LogP contribution in [0, 0.1) is 6.92 Å². The van der Waals surface area contributed by atoms with Crippen LogP contribution in [-0.4, -0.2) is 25.9 Å². The van der Waals surface area contributed by atoms with E-state index in [4.69, 9.17) is 0 Å². The standard InChI is InChI=1S/C9H10BrN5OS/c1-5-7(10)3-12-15(5)6(2)8(16)13-9-14-11-4-17-9/h3-4,6H,1-2H3,(H,13,14,16)/t6-/m1/s1. The Morgan fingerprint density at radius 1 is 1.65 bits per heavy atom. The molecule has 0 aliphatic rings. The van der Waals surface area contributed by atoms with Crippen molar-refractivity contribution in [3.05, 3.63) is 21.9 Å². The van der Waals surface area contributed by atoms with Gasteiger partial charge in [0.2, 0.25) is 5.13 Å². The summed E-state index contributed by atoms with van der Waals surface area (Å²) >= 11 is 4.64. The molecule has 2 rings (SSSR count). The summed E-state index contributed by atoms with van der Waals surface area (Å²) in [6, 6.07) is -0.398. The highest BCUT2D eigenvalue weighted by molar-refractivity contribution is 9.10. The summed E-state index contributed by atoms with van der Waals surface area (Å²) in [5, 5.41) is 14.7. The molecule has 6 nitrogen and oxygen atoms in total. The van der Waals surface area contributed by atoms with Crippen LogP contribution in [0.3, 0.4) is 0 Å². The number of hydrogen-bond donors (Lipinski definition) is 1. The van der Waals surface area contributed by atoms with Crippen molar-refractivity contribution >= 4 is 38.3 Å². The first-order valence-electron chi connectivity index (χ1n) is 4.86. The number of rotatable bonds is 3. The molecule has 0 radical (unpaired) electrons.